The van der Waals surface area contributed by atoms with Crippen molar-refractivity contribution >= 4 is 5.91 Å². The van der Waals surface area contributed by atoms with Crippen molar-refractivity contribution in [1.29, 1.82) is 0 Å². The fourth-order valence-electron chi connectivity index (χ4n) is 3.08. The molecule has 8 heteroatoms. The Kier molecular flexibility index (Phi) is 4.78. The van der Waals surface area contributed by atoms with Crippen molar-refractivity contribution < 1.29 is 31.8 Å². The van der Waals surface area contributed by atoms with Crippen LogP contribution in [0.5, 0.6) is 0 Å². The zero-order valence-electron chi connectivity index (χ0n) is 12.8. The summed E-state index contributed by atoms with van der Waals surface area (Å²) >= 11 is 0. The number of amides is 1. The van der Waals surface area contributed by atoms with Crippen molar-refractivity contribution in [3.8, 4) is 0 Å². The SMILES string of the molecule is O=C(c1ccc(F)c(C(F)(F)F)c1)N1CCC(C2OCCO2)CC1. The zero-order chi connectivity index (χ0) is 17.3. The Bertz CT molecular complexity index is 606. The molecule has 24 heavy (non-hydrogen) atoms. The number of carbonyl (C=O) groups is 1. The monoisotopic (exact) mass is 347 g/mol. The highest BCUT2D eigenvalue weighted by molar-refractivity contribution is 5.94. The average molecular weight is 347 g/mol. The van der Waals surface area contributed by atoms with Crippen molar-refractivity contribution in [2.75, 3.05) is 26.3 Å². The Morgan fingerprint density at radius 1 is 1.12 bits per heavy atom. The van der Waals surface area contributed by atoms with Crippen LogP contribution in [0.15, 0.2) is 18.2 Å². The van der Waals surface area contributed by atoms with Gasteiger partial charge in [0.2, 0.25) is 0 Å². The first-order valence-corrected chi connectivity index (χ1v) is 7.75. The third kappa shape index (κ3) is 3.54. The van der Waals surface area contributed by atoms with E-state index in [0.717, 1.165) is 6.07 Å². The van der Waals surface area contributed by atoms with E-state index < -0.39 is 23.5 Å². The van der Waals surface area contributed by atoms with Crippen molar-refractivity contribution in [2.45, 2.75) is 25.3 Å². The smallest absolute Gasteiger partial charge is 0.350 e. The summed E-state index contributed by atoms with van der Waals surface area (Å²) < 4.78 is 62.5. The van der Waals surface area contributed by atoms with E-state index in [0.29, 0.717) is 51.3 Å². The van der Waals surface area contributed by atoms with Gasteiger partial charge in [-0.1, -0.05) is 0 Å². The number of rotatable bonds is 2. The molecule has 0 aliphatic carbocycles. The van der Waals surface area contributed by atoms with Crippen molar-refractivity contribution in [1.82, 2.24) is 4.90 Å². The Labute approximate surface area is 136 Å². The molecule has 2 saturated heterocycles. The van der Waals surface area contributed by atoms with E-state index in [9.17, 15) is 22.4 Å². The van der Waals surface area contributed by atoms with Gasteiger partial charge in [0.15, 0.2) is 6.29 Å². The van der Waals surface area contributed by atoms with Crippen LogP contribution < -0.4 is 0 Å². The van der Waals surface area contributed by atoms with E-state index in [4.69, 9.17) is 9.47 Å². The molecule has 2 aliphatic heterocycles. The Hall–Kier alpha value is -1.67. The van der Waals surface area contributed by atoms with E-state index in [2.05, 4.69) is 0 Å². The molecule has 2 aliphatic rings. The predicted molar refractivity (Wildman–Crippen MR) is 75.7 cm³/mol. The van der Waals surface area contributed by atoms with Crippen LogP contribution in [0, 0.1) is 11.7 Å². The second-order valence-electron chi connectivity index (χ2n) is 5.93. The summed E-state index contributed by atoms with van der Waals surface area (Å²) in [4.78, 5) is 13.9. The number of halogens is 4. The summed E-state index contributed by atoms with van der Waals surface area (Å²) in [7, 11) is 0. The van der Waals surface area contributed by atoms with E-state index in [1.807, 2.05) is 0 Å². The highest BCUT2D eigenvalue weighted by atomic mass is 19.4. The molecule has 4 nitrogen and oxygen atoms in total. The molecule has 0 N–H and O–H groups in total. The zero-order valence-corrected chi connectivity index (χ0v) is 12.8. The van der Waals surface area contributed by atoms with Gasteiger partial charge < -0.3 is 14.4 Å². The Morgan fingerprint density at radius 3 is 2.33 bits per heavy atom. The molecule has 0 saturated carbocycles. The number of hydrogen-bond donors (Lipinski definition) is 0. The van der Waals surface area contributed by atoms with E-state index in [-0.39, 0.29) is 17.8 Å². The molecule has 0 bridgehead atoms. The molecule has 1 aromatic carbocycles. The summed E-state index contributed by atoms with van der Waals surface area (Å²) in [5.41, 5.74) is -1.58. The molecular formula is C16H17F4NO3. The summed E-state index contributed by atoms with van der Waals surface area (Å²) in [5, 5.41) is 0. The molecule has 1 aromatic rings. The number of carbonyl (C=O) groups excluding carboxylic acids is 1. The number of benzene rings is 1. The molecule has 0 aromatic heterocycles. The molecular weight excluding hydrogens is 330 g/mol. The van der Waals surface area contributed by atoms with Crippen molar-refractivity contribution in [3.05, 3.63) is 35.1 Å². The number of likely N-dealkylation sites (tertiary alicyclic amines) is 1. The summed E-state index contributed by atoms with van der Waals surface area (Å²) in [6.07, 6.45) is -3.78. The van der Waals surface area contributed by atoms with Crippen LogP contribution >= 0.6 is 0 Å². The lowest BCUT2D eigenvalue weighted by molar-refractivity contribution is -0.140. The van der Waals surface area contributed by atoms with Gasteiger partial charge in [0.1, 0.15) is 5.82 Å². The van der Waals surface area contributed by atoms with Crippen LogP contribution in [0.1, 0.15) is 28.8 Å². The molecule has 132 valence electrons. The first kappa shape index (κ1) is 17.2. The van der Waals surface area contributed by atoms with Gasteiger partial charge >= 0.3 is 6.18 Å². The summed E-state index contributed by atoms with van der Waals surface area (Å²) in [5.74, 6) is -1.73. The van der Waals surface area contributed by atoms with Crippen LogP contribution in [0.4, 0.5) is 17.6 Å². The van der Waals surface area contributed by atoms with Crippen molar-refractivity contribution in [3.63, 3.8) is 0 Å². The molecule has 0 unspecified atom stereocenters. The topological polar surface area (TPSA) is 38.8 Å². The summed E-state index contributed by atoms with van der Waals surface area (Å²) in [6, 6.07) is 2.35. The lowest BCUT2D eigenvalue weighted by Crippen LogP contribution is -2.41. The normalized spacial score (nSPS) is 20.6. The van der Waals surface area contributed by atoms with Crippen LogP contribution in [0.2, 0.25) is 0 Å². The lowest BCUT2D eigenvalue weighted by atomic mass is 9.95. The maximum Gasteiger partial charge on any atom is 0.419 e. The molecule has 2 fully saturated rings. The number of ether oxygens (including phenoxy) is 2. The van der Waals surface area contributed by atoms with Gasteiger partial charge in [-0.05, 0) is 31.0 Å². The average Bonchev–Trinajstić information content (AvgIpc) is 3.08. The molecule has 3 rings (SSSR count). The third-order valence-corrected chi connectivity index (χ3v) is 4.38. The quantitative estimate of drug-likeness (QED) is 0.772. The molecule has 0 spiro atoms. The predicted octanol–water partition coefficient (Wildman–Crippen LogP) is 3.07. The third-order valence-electron chi connectivity index (χ3n) is 4.38. The van der Waals surface area contributed by atoms with E-state index in [1.54, 1.807) is 0 Å². The minimum absolute atomic E-state index is 0.157. The number of nitrogens with zero attached hydrogens (tertiary/aromatic N) is 1. The minimum atomic E-state index is -4.83. The van der Waals surface area contributed by atoms with Gasteiger partial charge in [0.25, 0.3) is 5.91 Å². The fraction of sp³-hybridized carbons (Fsp3) is 0.562. The van der Waals surface area contributed by atoms with Gasteiger partial charge in [-0.25, -0.2) is 4.39 Å². The van der Waals surface area contributed by atoms with Gasteiger partial charge in [-0.2, -0.15) is 13.2 Å². The molecule has 0 atom stereocenters. The standard InChI is InChI=1S/C16H17F4NO3/c17-13-2-1-11(9-12(13)16(18,19)20)14(22)21-5-3-10(4-6-21)15-23-7-8-24-15/h1-2,9-10,15H,3-8H2. The fourth-order valence-corrected chi connectivity index (χ4v) is 3.08. The number of alkyl halides is 3. The number of hydrogen-bond acceptors (Lipinski definition) is 3. The van der Waals surface area contributed by atoms with E-state index in [1.165, 1.54) is 4.90 Å². The largest absolute Gasteiger partial charge is 0.419 e. The summed E-state index contributed by atoms with van der Waals surface area (Å²) in [6.45, 7) is 1.93. The van der Waals surface area contributed by atoms with Gasteiger partial charge in [0.05, 0.1) is 18.8 Å². The minimum Gasteiger partial charge on any atom is -0.350 e. The van der Waals surface area contributed by atoms with Gasteiger partial charge in [-0.15, -0.1) is 0 Å². The molecule has 2 heterocycles. The number of piperidine rings is 1. The van der Waals surface area contributed by atoms with Crippen LogP contribution in [-0.2, 0) is 15.7 Å². The van der Waals surface area contributed by atoms with Crippen LogP contribution in [0.25, 0.3) is 0 Å². The van der Waals surface area contributed by atoms with Gasteiger partial charge in [0, 0.05) is 24.6 Å². The Balaban J connectivity index is 1.67. The second-order valence-corrected chi connectivity index (χ2v) is 5.93. The first-order chi connectivity index (χ1) is 11.4. The van der Waals surface area contributed by atoms with E-state index >= 15 is 0 Å². The van der Waals surface area contributed by atoms with Crippen LogP contribution in [-0.4, -0.2) is 43.4 Å². The van der Waals surface area contributed by atoms with Crippen molar-refractivity contribution in [2.24, 2.45) is 5.92 Å². The lowest BCUT2D eigenvalue weighted by Gasteiger charge is -2.34. The Morgan fingerprint density at radius 2 is 1.75 bits per heavy atom. The van der Waals surface area contributed by atoms with Crippen LogP contribution in [0.3, 0.4) is 0 Å². The van der Waals surface area contributed by atoms with Gasteiger partial charge in [-0.3, -0.25) is 4.79 Å². The highest BCUT2D eigenvalue weighted by Crippen LogP contribution is 2.32. The second kappa shape index (κ2) is 6.68. The first-order valence-electron chi connectivity index (χ1n) is 7.75. The highest BCUT2D eigenvalue weighted by Gasteiger charge is 2.36. The molecule has 1 amide bonds. The maximum absolute atomic E-state index is 13.3. The molecule has 0 radical (unpaired) electrons. The maximum atomic E-state index is 13.3.